The normalized spacial score (nSPS) is 8.92. The van der Waals surface area contributed by atoms with Crippen molar-refractivity contribution in [1.29, 1.82) is 0 Å². The van der Waals surface area contributed by atoms with Crippen molar-refractivity contribution in [3.63, 3.8) is 0 Å². The molecule has 2 N–H and O–H groups in total. The summed E-state index contributed by atoms with van der Waals surface area (Å²) in [5, 5.41) is 36.5. The second kappa shape index (κ2) is 11.4. The highest BCUT2D eigenvalue weighted by atomic mass is 16.5. The molecule has 8 nitrogen and oxygen atoms in total. The fourth-order valence-corrected chi connectivity index (χ4v) is 1.51. The van der Waals surface area contributed by atoms with Crippen molar-refractivity contribution in [2.75, 3.05) is 0 Å². The SMILES string of the molecule is CC(=O)O.CC(=O)O.[O-][n+]1ccc(CCc2cc[n+]([O-])cc2)cc1. The Morgan fingerprint density at radius 3 is 1.21 bits per heavy atom. The first-order valence-corrected chi connectivity index (χ1v) is 6.95. The molecule has 0 spiro atoms. The lowest BCUT2D eigenvalue weighted by Gasteiger charge is -2.02. The highest BCUT2D eigenvalue weighted by molar-refractivity contribution is 5.63. The molecular weight excluding hydrogens is 316 g/mol. The van der Waals surface area contributed by atoms with Crippen molar-refractivity contribution in [2.45, 2.75) is 26.7 Å². The fraction of sp³-hybridized carbons (Fsp3) is 0.250. The number of carboxylic acids is 2. The van der Waals surface area contributed by atoms with Crippen LogP contribution in [-0.2, 0) is 22.4 Å². The maximum absolute atomic E-state index is 10.8. The van der Waals surface area contributed by atoms with Gasteiger partial charge in [-0.3, -0.25) is 9.59 Å². The monoisotopic (exact) mass is 336 g/mol. The predicted octanol–water partition coefficient (Wildman–Crippen LogP) is 0.920. The molecule has 0 amide bonds. The van der Waals surface area contributed by atoms with Crippen LogP contribution in [0.25, 0.3) is 0 Å². The summed E-state index contributed by atoms with van der Waals surface area (Å²) in [5.74, 6) is -1.67. The maximum Gasteiger partial charge on any atom is 0.300 e. The van der Waals surface area contributed by atoms with E-state index in [9.17, 15) is 10.4 Å². The molecule has 0 aliphatic carbocycles. The van der Waals surface area contributed by atoms with Gasteiger partial charge in [-0.15, -0.1) is 0 Å². The molecule has 130 valence electrons. The van der Waals surface area contributed by atoms with E-state index < -0.39 is 11.9 Å². The smallest absolute Gasteiger partial charge is 0.300 e. The van der Waals surface area contributed by atoms with E-state index >= 15 is 0 Å². The average molecular weight is 336 g/mol. The van der Waals surface area contributed by atoms with Gasteiger partial charge in [-0.2, -0.15) is 9.46 Å². The van der Waals surface area contributed by atoms with Crippen LogP contribution in [0, 0.1) is 10.4 Å². The van der Waals surface area contributed by atoms with Crippen LogP contribution in [-0.4, -0.2) is 22.2 Å². The third-order valence-corrected chi connectivity index (χ3v) is 2.44. The topological polar surface area (TPSA) is 128 Å². The molecule has 0 saturated heterocycles. The molecule has 0 saturated carbocycles. The minimum Gasteiger partial charge on any atom is -0.619 e. The van der Waals surface area contributed by atoms with Crippen molar-refractivity contribution in [3.05, 3.63) is 70.6 Å². The van der Waals surface area contributed by atoms with Crippen molar-refractivity contribution in [1.82, 2.24) is 0 Å². The summed E-state index contributed by atoms with van der Waals surface area (Å²) >= 11 is 0. The van der Waals surface area contributed by atoms with Crippen molar-refractivity contribution >= 4 is 11.9 Å². The molecule has 2 heterocycles. The van der Waals surface area contributed by atoms with Crippen LogP contribution in [0.3, 0.4) is 0 Å². The lowest BCUT2D eigenvalue weighted by atomic mass is 10.1. The van der Waals surface area contributed by atoms with E-state index in [0.29, 0.717) is 0 Å². The number of nitrogens with zero attached hydrogens (tertiary/aromatic N) is 2. The predicted molar refractivity (Wildman–Crippen MR) is 84.8 cm³/mol. The molecule has 0 atom stereocenters. The van der Waals surface area contributed by atoms with Gasteiger partial charge in [0.25, 0.3) is 11.9 Å². The quantitative estimate of drug-likeness (QED) is 0.633. The van der Waals surface area contributed by atoms with Crippen molar-refractivity contribution in [3.8, 4) is 0 Å². The Morgan fingerprint density at radius 2 is 1.00 bits per heavy atom. The average Bonchev–Trinajstić information content (AvgIpc) is 2.47. The van der Waals surface area contributed by atoms with Gasteiger partial charge < -0.3 is 20.6 Å². The summed E-state index contributed by atoms with van der Waals surface area (Å²) in [6.07, 6.45) is 7.70. The van der Waals surface area contributed by atoms with Crippen molar-refractivity contribution in [2.24, 2.45) is 0 Å². The third-order valence-electron chi connectivity index (χ3n) is 2.44. The second-order valence-corrected chi connectivity index (χ2v) is 4.67. The fourth-order valence-electron chi connectivity index (χ4n) is 1.51. The van der Waals surface area contributed by atoms with Gasteiger partial charge in [0.2, 0.25) is 0 Å². The zero-order valence-corrected chi connectivity index (χ0v) is 13.5. The Hall–Kier alpha value is -3.16. The summed E-state index contributed by atoms with van der Waals surface area (Å²) in [6.45, 7) is 2.17. The molecule has 2 rings (SSSR count). The molecule has 2 aromatic heterocycles. The molecule has 0 bridgehead atoms. The van der Waals surface area contributed by atoms with Crippen LogP contribution in [0.4, 0.5) is 0 Å². The lowest BCUT2D eigenvalue weighted by molar-refractivity contribution is -0.605. The first-order valence-electron chi connectivity index (χ1n) is 6.95. The first-order chi connectivity index (χ1) is 11.2. The number of aromatic nitrogens is 2. The number of carbonyl (C=O) groups is 2. The molecule has 0 aliphatic rings. The van der Waals surface area contributed by atoms with Gasteiger partial charge in [0, 0.05) is 38.1 Å². The largest absolute Gasteiger partial charge is 0.619 e. The van der Waals surface area contributed by atoms with Crippen LogP contribution >= 0.6 is 0 Å². The van der Waals surface area contributed by atoms with Gasteiger partial charge in [0.05, 0.1) is 0 Å². The van der Waals surface area contributed by atoms with E-state index in [4.69, 9.17) is 19.8 Å². The molecule has 0 fully saturated rings. The first kappa shape index (κ1) is 20.8. The minimum atomic E-state index is -0.833. The number of hydrogen-bond acceptors (Lipinski definition) is 4. The van der Waals surface area contributed by atoms with Crippen LogP contribution < -0.4 is 9.46 Å². The molecule has 0 unspecified atom stereocenters. The molecule has 24 heavy (non-hydrogen) atoms. The van der Waals surface area contributed by atoms with Gasteiger partial charge in [0.1, 0.15) is 0 Å². The van der Waals surface area contributed by atoms with Crippen LogP contribution in [0.2, 0.25) is 0 Å². The molecule has 8 heteroatoms. The molecular formula is C16H20N2O6. The molecule has 0 aromatic carbocycles. The summed E-state index contributed by atoms with van der Waals surface area (Å²) in [6, 6.07) is 7.24. The van der Waals surface area contributed by atoms with Crippen molar-refractivity contribution < 1.29 is 29.3 Å². The Balaban J connectivity index is 0.000000558. The van der Waals surface area contributed by atoms with E-state index in [-0.39, 0.29) is 0 Å². The van der Waals surface area contributed by atoms with E-state index in [0.717, 1.165) is 47.3 Å². The summed E-state index contributed by atoms with van der Waals surface area (Å²) in [5.41, 5.74) is 2.23. The lowest BCUT2D eigenvalue weighted by Crippen LogP contribution is -2.24. The molecule has 2 aromatic rings. The van der Waals surface area contributed by atoms with Gasteiger partial charge in [-0.05, 0) is 24.0 Å². The third kappa shape index (κ3) is 12.6. The number of carboxylic acid groups (broad SMARTS) is 2. The summed E-state index contributed by atoms with van der Waals surface area (Å²) in [7, 11) is 0. The number of pyridine rings is 2. The highest BCUT2D eigenvalue weighted by Crippen LogP contribution is 2.04. The van der Waals surface area contributed by atoms with Crippen LogP contribution in [0.15, 0.2) is 49.1 Å². The van der Waals surface area contributed by atoms with Crippen LogP contribution in [0.5, 0.6) is 0 Å². The van der Waals surface area contributed by atoms with E-state index in [1.165, 1.54) is 24.8 Å². The van der Waals surface area contributed by atoms with E-state index in [2.05, 4.69) is 0 Å². The zero-order chi connectivity index (χ0) is 18.5. The second-order valence-electron chi connectivity index (χ2n) is 4.67. The minimum absolute atomic E-state index is 0.770. The Morgan fingerprint density at radius 1 is 0.792 bits per heavy atom. The van der Waals surface area contributed by atoms with Gasteiger partial charge in [-0.25, -0.2) is 0 Å². The van der Waals surface area contributed by atoms with Gasteiger partial charge in [0.15, 0.2) is 24.8 Å². The van der Waals surface area contributed by atoms with E-state index in [1.54, 1.807) is 0 Å². The number of rotatable bonds is 3. The van der Waals surface area contributed by atoms with Gasteiger partial charge in [-0.1, -0.05) is 0 Å². The number of aryl methyl sites for hydroxylation is 2. The highest BCUT2D eigenvalue weighted by Gasteiger charge is 1.98. The Bertz CT molecular complexity index is 561. The zero-order valence-electron chi connectivity index (χ0n) is 13.5. The molecule has 0 radical (unpaired) electrons. The van der Waals surface area contributed by atoms with E-state index in [1.807, 2.05) is 24.3 Å². The Labute approximate surface area is 139 Å². The summed E-state index contributed by atoms with van der Waals surface area (Å²) < 4.78 is 1.54. The maximum atomic E-state index is 10.8. The standard InChI is InChI=1S/C12H12N2O2.2C2H4O2/c15-13-7-3-11(4-8-13)1-2-12-5-9-14(16)10-6-12;2*1-2(3)4/h3-10H,1-2H2;2*1H3,(H,3,4). The summed E-state index contributed by atoms with van der Waals surface area (Å²) in [4.78, 5) is 18.0. The molecule has 0 aliphatic heterocycles. The van der Waals surface area contributed by atoms with Crippen LogP contribution in [0.1, 0.15) is 25.0 Å². The number of aliphatic carboxylic acids is 2. The van der Waals surface area contributed by atoms with Gasteiger partial charge >= 0.3 is 0 Å². The number of hydrogen-bond donors (Lipinski definition) is 2. The Kier molecular flexibility index (Phi) is 9.91.